The molecule has 26 heavy (non-hydrogen) atoms. The number of nitrogens with zero attached hydrogens (tertiary/aromatic N) is 3. The summed E-state index contributed by atoms with van der Waals surface area (Å²) in [5.74, 6) is 0.470. The summed E-state index contributed by atoms with van der Waals surface area (Å²) in [5.41, 5.74) is 1.42. The van der Waals surface area contributed by atoms with Crippen molar-refractivity contribution in [2.24, 2.45) is 0 Å². The Labute approximate surface area is 153 Å². The second kappa shape index (κ2) is 10.1. The van der Waals surface area contributed by atoms with Crippen molar-refractivity contribution >= 4 is 17.8 Å². The van der Waals surface area contributed by atoms with Gasteiger partial charge in [-0.25, -0.2) is 14.8 Å². The molecule has 0 atom stereocenters. The predicted molar refractivity (Wildman–Crippen MR) is 99.2 cm³/mol. The molecule has 0 aliphatic carbocycles. The molecule has 0 aliphatic heterocycles. The molecule has 1 amide bonds. The third kappa shape index (κ3) is 6.16. The summed E-state index contributed by atoms with van der Waals surface area (Å²) >= 11 is 0. The van der Waals surface area contributed by atoms with Gasteiger partial charge in [-0.3, -0.25) is 4.79 Å². The fraction of sp³-hybridized carbons (Fsp3) is 0.368. The van der Waals surface area contributed by atoms with Gasteiger partial charge in [0.2, 0.25) is 5.95 Å². The number of hydrogen-bond acceptors (Lipinski definition) is 6. The summed E-state index contributed by atoms with van der Waals surface area (Å²) in [6, 6.07) is 9.51. The molecule has 138 valence electrons. The number of ether oxygens (including phenoxy) is 1. The number of alkyl carbamates (subject to hydrolysis) is 1. The average molecular weight is 356 g/mol. The van der Waals surface area contributed by atoms with E-state index in [-0.39, 0.29) is 12.4 Å². The van der Waals surface area contributed by atoms with Gasteiger partial charge in [0, 0.05) is 32.0 Å². The SMILES string of the molecule is CCCN(CCNC(=O)OCc1ccccc1)c1ncc(C(C)=O)cn1. The van der Waals surface area contributed by atoms with E-state index in [1.54, 1.807) is 0 Å². The van der Waals surface area contributed by atoms with Crippen LogP contribution >= 0.6 is 0 Å². The second-order valence-corrected chi connectivity index (χ2v) is 5.80. The number of aromatic nitrogens is 2. The summed E-state index contributed by atoms with van der Waals surface area (Å²) in [4.78, 5) is 33.5. The molecule has 2 aromatic rings. The van der Waals surface area contributed by atoms with Crippen molar-refractivity contribution in [1.29, 1.82) is 0 Å². The van der Waals surface area contributed by atoms with Gasteiger partial charge in [-0.05, 0) is 18.9 Å². The number of rotatable bonds is 9. The van der Waals surface area contributed by atoms with Crippen LogP contribution in [0.4, 0.5) is 10.7 Å². The van der Waals surface area contributed by atoms with Crippen LogP contribution in [0.1, 0.15) is 36.2 Å². The topological polar surface area (TPSA) is 84.4 Å². The number of Topliss-reactive ketones (excluding diaryl/α,β-unsaturated/α-hetero) is 1. The van der Waals surface area contributed by atoms with Gasteiger partial charge < -0.3 is 15.0 Å². The molecule has 1 aromatic heterocycles. The van der Waals surface area contributed by atoms with E-state index in [2.05, 4.69) is 22.2 Å². The second-order valence-electron chi connectivity index (χ2n) is 5.80. The van der Waals surface area contributed by atoms with Crippen LogP contribution in [-0.4, -0.2) is 41.5 Å². The Morgan fingerprint density at radius 2 is 1.81 bits per heavy atom. The van der Waals surface area contributed by atoms with E-state index in [4.69, 9.17) is 4.74 Å². The number of anilines is 1. The number of carbonyl (C=O) groups excluding carboxylic acids is 2. The highest BCUT2D eigenvalue weighted by Crippen LogP contribution is 2.08. The molecule has 0 saturated carbocycles. The highest BCUT2D eigenvalue weighted by Gasteiger charge is 2.11. The van der Waals surface area contributed by atoms with Gasteiger partial charge in [0.15, 0.2) is 5.78 Å². The summed E-state index contributed by atoms with van der Waals surface area (Å²) in [7, 11) is 0. The molecule has 0 radical (unpaired) electrons. The number of hydrogen-bond donors (Lipinski definition) is 1. The lowest BCUT2D eigenvalue weighted by Gasteiger charge is -2.22. The fourth-order valence-corrected chi connectivity index (χ4v) is 2.32. The number of benzene rings is 1. The van der Waals surface area contributed by atoms with Gasteiger partial charge in [0.25, 0.3) is 0 Å². The van der Waals surface area contributed by atoms with Crippen molar-refractivity contribution in [2.75, 3.05) is 24.5 Å². The largest absolute Gasteiger partial charge is 0.445 e. The van der Waals surface area contributed by atoms with E-state index in [0.29, 0.717) is 24.6 Å². The molecule has 0 aliphatic rings. The van der Waals surface area contributed by atoms with E-state index in [9.17, 15) is 9.59 Å². The maximum absolute atomic E-state index is 11.8. The first-order valence-electron chi connectivity index (χ1n) is 8.62. The molecule has 0 spiro atoms. The van der Waals surface area contributed by atoms with Crippen molar-refractivity contribution in [1.82, 2.24) is 15.3 Å². The van der Waals surface area contributed by atoms with Gasteiger partial charge in [-0.2, -0.15) is 0 Å². The summed E-state index contributed by atoms with van der Waals surface area (Å²) in [5, 5.41) is 2.73. The molecule has 1 heterocycles. The molecule has 0 bridgehead atoms. The Kier molecular flexibility index (Phi) is 7.54. The van der Waals surface area contributed by atoms with Crippen molar-refractivity contribution in [2.45, 2.75) is 26.9 Å². The monoisotopic (exact) mass is 356 g/mol. The number of amides is 1. The van der Waals surface area contributed by atoms with Crippen molar-refractivity contribution in [3.8, 4) is 0 Å². The Bertz CT molecular complexity index is 704. The Morgan fingerprint density at radius 1 is 1.12 bits per heavy atom. The lowest BCUT2D eigenvalue weighted by atomic mass is 10.2. The lowest BCUT2D eigenvalue weighted by molar-refractivity contribution is 0.101. The number of ketones is 1. The van der Waals surface area contributed by atoms with Crippen LogP contribution in [0.25, 0.3) is 0 Å². The van der Waals surface area contributed by atoms with E-state index in [1.807, 2.05) is 35.2 Å². The van der Waals surface area contributed by atoms with Crippen molar-refractivity contribution < 1.29 is 14.3 Å². The molecule has 1 aromatic carbocycles. The maximum atomic E-state index is 11.8. The third-order valence-corrected chi connectivity index (χ3v) is 3.68. The summed E-state index contributed by atoms with van der Waals surface area (Å²) in [6.07, 6.45) is 3.50. The molecule has 0 fully saturated rings. The fourth-order valence-electron chi connectivity index (χ4n) is 2.32. The third-order valence-electron chi connectivity index (χ3n) is 3.68. The lowest BCUT2D eigenvalue weighted by Crippen LogP contribution is -2.36. The maximum Gasteiger partial charge on any atom is 0.407 e. The van der Waals surface area contributed by atoms with Crippen molar-refractivity contribution in [3.05, 3.63) is 53.9 Å². The zero-order chi connectivity index (χ0) is 18.8. The van der Waals surface area contributed by atoms with E-state index in [0.717, 1.165) is 18.5 Å². The molecular formula is C19H24N4O3. The smallest absolute Gasteiger partial charge is 0.407 e. The minimum absolute atomic E-state index is 0.0681. The van der Waals surface area contributed by atoms with Gasteiger partial charge in [-0.15, -0.1) is 0 Å². The van der Waals surface area contributed by atoms with Crippen LogP contribution < -0.4 is 10.2 Å². The predicted octanol–water partition coefficient (Wildman–Crippen LogP) is 2.82. The first kappa shape index (κ1) is 19.4. The Morgan fingerprint density at radius 3 is 2.42 bits per heavy atom. The van der Waals surface area contributed by atoms with Gasteiger partial charge in [-0.1, -0.05) is 37.3 Å². The zero-order valence-electron chi connectivity index (χ0n) is 15.1. The van der Waals surface area contributed by atoms with Gasteiger partial charge >= 0.3 is 6.09 Å². The van der Waals surface area contributed by atoms with Crippen LogP contribution in [0.2, 0.25) is 0 Å². The Balaban J connectivity index is 1.80. The van der Waals surface area contributed by atoms with Crippen LogP contribution in [0.3, 0.4) is 0 Å². The molecule has 1 N–H and O–H groups in total. The highest BCUT2D eigenvalue weighted by atomic mass is 16.5. The molecular weight excluding hydrogens is 332 g/mol. The van der Waals surface area contributed by atoms with E-state index >= 15 is 0 Å². The average Bonchev–Trinajstić information content (AvgIpc) is 2.66. The minimum atomic E-state index is -0.460. The van der Waals surface area contributed by atoms with Gasteiger partial charge in [0.05, 0.1) is 5.56 Å². The van der Waals surface area contributed by atoms with Gasteiger partial charge in [0.1, 0.15) is 6.61 Å². The van der Waals surface area contributed by atoms with Crippen LogP contribution in [-0.2, 0) is 11.3 Å². The zero-order valence-corrected chi connectivity index (χ0v) is 15.1. The molecule has 2 rings (SSSR count). The van der Waals surface area contributed by atoms with Crippen molar-refractivity contribution in [3.63, 3.8) is 0 Å². The molecule has 7 heteroatoms. The summed E-state index contributed by atoms with van der Waals surface area (Å²) < 4.78 is 5.18. The first-order valence-corrected chi connectivity index (χ1v) is 8.62. The molecule has 0 unspecified atom stereocenters. The van der Waals surface area contributed by atoms with E-state index in [1.165, 1.54) is 19.3 Å². The number of nitrogens with one attached hydrogen (secondary N) is 1. The first-order chi connectivity index (χ1) is 12.6. The quantitative estimate of drug-likeness (QED) is 0.696. The highest BCUT2D eigenvalue weighted by molar-refractivity contribution is 5.93. The standard InChI is InChI=1S/C19H24N4O3/c1-3-10-23(18-21-12-17(13-22-18)15(2)24)11-9-20-19(25)26-14-16-7-5-4-6-8-16/h4-8,12-13H,3,9-11,14H2,1-2H3,(H,20,25). The Hall–Kier alpha value is -2.96. The van der Waals surface area contributed by atoms with Crippen LogP contribution in [0.15, 0.2) is 42.7 Å². The molecule has 0 saturated heterocycles. The number of carbonyl (C=O) groups is 2. The molecule has 7 nitrogen and oxygen atoms in total. The minimum Gasteiger partial charge on any atom is -0.445 e. The van der Waals surface area contributed by atoms with Crippen LogP contribution in [0.5, 0.6) is 0 Å². The van der Waals surface area contributed by atoms with Crippen LogP contribution in [0, 0.1) is 0 Å². The van der Waals surface area contributed by atoms with E-state index < -0.39 is 6.09 Å². The normalized spacial score (nSPS) is 10.2. The summed E-state index contributed by atoms with van der Waals surface area (Å²) in [6.45, 7) is 5.48.